The van der Waals surface area contributed by atoms with Gasteiger partial charge in [0.15, 0.2) is 0 Å². The molecular formula is C61H41N3. The number of allylic oxidation sites excluding steroid dienone is 9. The molecule has 3 nitrogen and oxygen atoms in total. The van der Waals surface area contributed by atoms with Gasteiger partial charge in [-0.25, -0.2) is 0 Å². The Bertz CT molecular complexity index is 3860. The van der Waals surface area contributed by atoms with E-state index in [0.717, 1.165) is 49.2 Å². The molecule has 0 N–H and O–H groups in total. The summed E-state index contributed by atoms with van der Waals surface area (Å²) in [5.41, 5.74) is 29.0. The molecule has 0 bridgehead atoms. The fourth-order valence-corrected chi connectivity index (χ4v) is 11.4. The van der Waals surface area contributed by atoms with Gasteiger partial charge in [-0.3, -0.25) is 0 Å². The molecule has 4 aliphatic rings. The van der Waals surface area contributed by atoms with Crippen LogP contribution in [0.15, 0.2) is 199 Å². The predicted octanol–water partition coefficient (Wildman–Crippen LogP) is 15.9. The zero-order chi connectivity index (χ0) is 41.9. The van der Waals surface area contributed by atoms with Crippen molar-refractivity contribution in [1.82, 2.24) is 8.97 Å². The molecule has 3 heteroatoms. The number of hydrogen-bond acceptors (Lipinski definition) is 1. The van der Waals surface area contributed by atoms with Gasteiger partial charge in [-0.1, -0.05) is 127 Å². The van der Waals surface area contributed by atoms with E-state index in [1.54, 1.807) is 0 Å². The van der Waals surface area contributed by atoms with Gasteiger partial charge in [0.05, 0.1) is 27.8 Å². The molecule has 0 fully saturated rings. The second-order valence-electron chi connectivity index (χ2n) is 17.7. The second kappa shape index (κ2) is 13.7. The van der Waals surface area contributed by atoms with Crippen molar-refractivity contribution >= 4 is 83.4 Å². The summed E-state index contributed by atoms with van der Waals surface area (Å²) in [5.74, 6) is 0. The van der Waals surface area contributed by atoms with Crippen LogP contribution in [0.4, 0.5) is 17.1 Å². The Kier molecular flexibility index (Phi) is 7.62. The van der Waals surface area contributed by atoms with E-state index in [1.807, 2.05) is 0 Å². The van der Waals surface area contributed by atoms with E-state index in [0.29, 0.717) is 0 Å². The first-order valence-corrected chi connectivity index (χ1v) is 22.7. The highest BCUT2D eigenvalue weighted by molar-refractivity contribution is 6.27. The van der Waals surface area contributed by atoms with Crippen LogP contribution in [0.1, 0.15) is 41.6 Å². The minimum atomic E-state index is 0.953. The molecule has 0 unspecified atom stereocenters. The molecule has 0 amide bonds. The molecule has 4 aliphatic carbocycles. The van der Waals surface area contributed by atoms with Crippen molar-refractivity contribution in [3.8, 4) is 22.3 Å². The van der Waals surface area contributed by atoms with E-state index >= 15 is 0 Å². The van der Waals surface area contributed by atoms with Gasteiger partial charge in [0.25, 0.3) is 0 Å². The molecule has 0 spiro atoms. The fourth-order valence-electron chi connectivity index (χ4n) is 11.4. The average molecular weight is 816 g/mol. The first-order valence-electron chi connectivity index (χ1n) is 22.7. The summed E-state index contributed by atoms with van der Waals surface area (Å²) in [4.78, 5) is 2.47. The second-order valence-corrected chi connectivity index (χ2v) is 17.7. The van der Waals surface area contributed by atoms with Crippen molar-refractivity contribution in [2.75, 3.05) is 4.90 Å². The van der Waals surface area contributed by atoms with Gasteiger partial charge in [0.2, 0.25) is 0 Å². The normalized spacial score (nSPS) is 15.0. The van der Waals surface area contributed by atoms with Crippen LogP contribution in [0.25, 0.3) is 88.6 Å². The highest BCUT2D eigenvalue weighted by atomic mass is 15.1. The molecule has 0 radical (unpaired) electrons. The Hall–Kier alpha value is -8.06. The summed E-state index contributed by atoms with van der Waals surface area (Å²) in [5, 5.41) is 6.44. The van der Waals surface area contributed by atoms with Gasteiger partial charge in [0.1, 0.15) is 0 Å². The smallest absolute Gasteiger partial charge is 0.0641 e. The zero-order valence-electron chi connectivity index (χ0n) is 35.3. The van der Waals surface area contributed by atoms with E-state index in [9.17, 15) is 0 Å². The molecule has 0 saturated carbocycles. The third-order valence-corrected chi connectivity index (χ3v) is 14.2. The summed E-state index contributed by atoms with van der Waals surface area (Å²) in [6.45, 7) is 0. The molecular weight excluding hydrogens is 775 g/mol. The van der Waals surface area contributed by atoms with E-state index in [-0.39, 0.29) is 0 Å². The first kappa shape index (κ1) is 35.5. The quantitative estimate of drug-likeness (QED) is 0.152. The lowest BCUT2D eigenvalue weighted by Gasteiger charge is -2.27. The highest BCUT2D eigenvalue weighted by Gasteiger charge is 2.26. The van der Waals surface area contributed by atoms with Gasteiger partial charge in [-0.15, -0.1) is 0 Å². The van der Waals surface area contributed by atoms with Gasteiger partial charge in [-0.05, 0) is 149 Å². The number of para-hydroxylation sites is 3. The molecule has 3 heterocycles. The Morgan fingerprint density at radius 3 is 2.09 bits per heavy atom. The number of hydrogen-bond donors (Lipinski definition) is 0. The average Bonchev–Trinajstić information content (AvgIpc) is 4.11. The topological polar surface area (TPSA) is 12.6 Å². The van der Waals surface area contributed by atoms with E-state index in [2.05, 4.69) is 213 Å². The zero-order valence-corrected chi connectivity index (χ0v) is 35.3. The van der Waals surface area contributed by atoms with Gasteiger partial charge in [0, 0.05) is 55.3 Å². The summed E-state index contributed by atoms with van der Waals surface area (Å²) in [6, 6.07) is 54.8. The number of benzene rings is 7. The first-order chi connectivity index (χ1) is 31.8. The third kappa shape index (κ3) is 5.11. The Morgan fingerprint density at radius 2 is 1.27 bits per heavy atom. The Labute approximate surface area is 371 Å². The Morgan fingerprint density at radius 1 is 0.531 bits per heavy atom. The van der Waals surface area contributed by atoms with E-state index in [1.165, 1.54) is 110 Å². The fraction of sp³-hybridized carbons (Fsp3) is 0.0820. The van der Waals surface area contributed by atoms with Crippen molar-refractivity contribution < 1.29 is 0 Å². The molecule has 3 aromatic heterocycles. The monoisotopic (exact) mass is 815 g/mol. The number of nitrogens with zero attached hydrogens (tertiary/aromatic N) is 3. The van der Waals surface area contributed by atoms with Crippen LogP contribution in [-0.4, -0.2) is 8.97 Å². The molecule has 0 atom stereocenters. The molecule has 0 aliphatic heterocycles. The minimum Gasteiger partial charge on any atom is -0.310 e. The van der Waals surface area contributed by atoms with Crippen LogP contribution < -0.4 is 4.90 Å². The maximum Gasteiger partial charge on any atom is 0.0641 e. The standard InChI is InChI=1S/C61H41N3/c1-2-14-44(15-3-1)63-55-22-9-6-17-49(55)51-21-12-20-48(60(51)63)40-29-33-46(34-30-40)62(45-31-27-39(28-32-45)41-25-26-43-37-42-13-4-5-16-47(42)54(43)38-41)58-36-35-52-50-18-7-10-23-56(50)64-57-24-11-8-19-53(57)59(58)61(52)64/h2,7-16,18-36,38H,1,3,6,17,37H2. The van der Waals surface area contributed by atoms with Gasteiger partial charge in [-0.2, -0.15) is 0 Å². The highest BCUT2D eigenvalue weighted by Crippen LogP contribution is 2.48. The molecule has 10 aromatic rings. The van der Waals surface area contributed by atoms with E-state index in [4.69, 9.17) is 0 Å². The summed E-state index contributed by atoms with van der Waals surface area (Å²) in [7, 11) is 0. The van der Waals surface area contributed by atoms with Crippen molar-refractivity contribution in [1.29, 1.82) is 0 Å². The summed E-state index contributed by atoms with van der Waals surface area (Å²) < 4.78 is 5.00. The van der Waals surface area contributed by atoms with E-state index < -0.39 is 0 Å². The van der Waals surface area contributed by atoms with Crippen LogP contribution in [0.3, 0.4) is 0 Å². The number of aryl methyl sites for hydroxylation is 1. The van der Waals surface area contributed by atoms with Crippen molar-refractivity contribution in [3.63, 3.8) is 0 Å². The summed E-state index contributed by atoms with van der Waals surface area (Å²) >= 11 is 0. The third-order valence-electron chi connectivity index (χ3n) is 14.2. The molecule has 7 aromatic carbocycles. The lowest BCUT2D eigenvalue weighted by molar-refractivity contribution is 0.963. The Balaban J connectivity index is 0.948. The number of rotatable bonds is 6. The maximum atomic E-state index is 3.19. The van der Waals surface area contributed by atoms with Crippen molar-refractivity contribution in [2.45, 2.75) is 32.1 Å². The SMILES string of the molecule is C1=C=CC2=C(C=1)Cc1ccc(-c3ccc(N(c4ccc(-c5cccc6c7c(n(C8=CCCC=C8)c56)C=CCC7)cc4)c4ccc5c6ccccc6n6c7ccccc7c4c56)cc3)cc12. The number of anilines is 3. The van der Waals surface area contributed by atoms with Crippen LogP contribution in [0.2, 0.25) is 0 Å². The maximum absolute atomic E-state index is 3.19. The number of aromatic nitrogens is 2. The van der Waals surface area contributed by atoms with Gasteiger partial charge < -0.3 is 13.9 Å². The molecule has 64 heavy (non-hydrogen) atoms. The minimum absolute atomic E-state index is 0.953. The molecule has 0 saturated heterocycles. The van der Waals surface area contributed by atoms with Crippen LogP contribution in [0.5, 0.6) is 0 Å². The van der Waals surface area contributed by atoms with Crippen molar-refractivity contribution in [3.05, 3.63) is 221 Å². The lowest BCUT2D eigenvalue weighted by atomic mass is 9.97. The van der Waals surface area contributed by atoms with Crippen molar-refractivity contribution in [2.24, 2.45) is 0 Å². The van der Waals surface area contributed by atoms with Crippen LogP contribution in [-0.2, 0) is 12.8 Å². The summed E-state index contributed by atoms with van der Waals surface area (Å²) in [6.07, 6.45) is 21.2. The van der Waals surface area contributed by atoms with Crippen LogP contribution in [0, 0.1) is 0 Å². The van der Waals surface area contributed by atoms with Crippen LogP contribution >= 0.6 is 0 Å². The van der Waals surface area contributed by atoms with Gasteiger partial charge >= 0.3 is 0 Å². The molecule has 14 rings (SSSR count). The largest absolute Gasteiger partial charge is 0.310 e. The lowest BCUT2D eigenvalue weighted by Crippen LogP contribution is -2.10. The number of fused-ring (bicyclic) bond motifs is 11. The predicted molar refractivity (Wildman–Crippen MR) is 269 cm³/mol. The molecule has 300 valence electrons.